The van der Waals surface area contributed by atoms with Crippen molar-refractivity contribution in [2.24, 2.45) is 0 Å². The molecule has 2 heterocycles. The zero-order chi connectivity index (χ0) is 9.26. The lowest BCUT2D eigenvalue weighted by Crippen LogP contribution is -2.58. The smallest absolute Gasteiger partial charge is 0.277 e. The van der Waals surface area contributed by atoms with Crippen molar-refractivity contribution in [2.75, 3.05) is 13.1 Å². The molecule has 0 fully saturated rings. The quantitative estimate of drug-likeness (QED) is 0.555. The van der Waals surface area contributed by atoms with Crippen LogP contribution in [0.2, 0.25) is 0 Å². The summed E-state index contributed by atoms with van der Waals surface area (Å²) in [5, 5.41) is 0. The van der Waals surface area contributed by atoms with Gasteiger partial charge in [0.1, 0.15) is 0 Å². The first kappa shape index (κ1) is 8.25. The zero-order valence-corrected chi connectivity index (χ0v) is 7.42. The van der Waals surface area contributed by atoms with Crippen molar-refractivity contribution in [1.82, 2.24) is 14.9 Å². The van der Waals surface area contributed by atoms with Crippen LogP contribution in [0.15, 0.2) is 6.33 Å². The summed E-state index contributed by atoms with van der Waals surface area (Å²) in [6, 6.07) is 0. The van der Waals surface area contributed by atoms with Crippen LogP contribution in [0.1, 0.15) is 11.4 Å². The van der Waals surface area contributed by atoms with E-state index in [0.717, 1.165) is 24.4 Å². The SMILES string of the molecule is [NH3+]CC(=O)N1CCc2nc[nH]c2C1. The van der Waals surface area contributed by atoms with Crippen LogP contribution in [0.4, 0.5) is 0 Å². The van der Waals surface area contributed by atoms with Crippen molar-refractivity contribution >= 4 is 5.91 Å². The minimum absolute atomic E-state index is 0.111. The van der Waals surface area contributed by atoms with E-state index in [1.54, 1.807) is 6.33 Å². The van der Waals surface area contributed by atoms with E-state index in [2.05, 4.69) is 15.7 Å². The number of fused-ring (bicyclic) bond motifs is 1. The summed E-state index contributed by atoms with van der Waals surface area (Å²) in [7, 11) is 0. The molecule has 0 bridgehead atoms. The number of nitrogens with zero attached hydrogens (tertiary/aromatic N) is 2. The number of H-pyrrole nitrogens is 1. The topological polar surface area (TPSA) is 76.6 Å². The fourth-order valence-corrected chi connectivity index (χ4v) is 1.58. The summed E-state index contributed by atoms with van der Waals surface area (Å²) in [6.45, 7) is 1.76. The summed E-state index contributed by atoms with van der Waals surface area (Å²) in [4.78, 5) is 20.3. The lowest BCUT2D eigenvalue weighted by Gasteiger charge is -2.24. The monoisotopic (exact) mass is 181 g/mol. The molecule has 0 saturated carbocycles. The summed E-state index contributed by atoms with van der Waals surface area (Å²) in [6.07, 6.45) is 2.54. The van der Waals surface area contributed by atoms with Gasteiger partial charge in [0.15, 0.2) is 6.54 Å². The Morgan fingerprint density at radius 1 is 1.77 bits per heavy atom. The van der Waals surface area contributed by atoms with Crippen LogP contribution in [-0.2, 0) is 17.8 Å². The number of rotatable bonds is 1. The lowest BCUT2D eigenvalue weighted by molar-refractivity contribution is -0.357. The van der Waals surface area contributed by atoms with Gasteiger partial charge in [-0.25, -0.2) is 4.98 Å². The summed E-state index contributed by atoms with van der Waals surface area (Å²) in [5.74, 6) is 0.111. The standard InChI is InChI=1S/C8H12N4O/c9-3-8(13)12-2-1-6-7(4-12)11-5-10-6/h5H,1-4,9H2,(H,10,11)/p+1. The molecule has 0 atom stereocenters. The van der Waals surface area contributed by atoms with Gasteiger partial charge < -0.3 is 15.6 Å². The maximum Gasteiger partial charge on any atom is 0.277 e. The number of nitrogens with one attached hydrogen (secondary N) is 1. The average Bonchev–Trinajstić information content (AvgIpc) is 2.63. The average molecular weight is 181 g/mol. The molecule has 13 heavy (non-hydrogen) atoms. The second-order valence-corrected chi connectivity index (χ2v) is 3.14. The molecule has 0 aromatic carbocycles. The molecule has 1 aromatic rings. The highest BCUT2D eigenvalue weighted by atomic mass is 16.2. The van der Waals surface area contributed by atoms with Gasteiger partial charge in [0, 0.05) is 13.0 Å². The van der Waals surface area contributed by atoms with Crippen molar-refractivity contribution in [3.05, 3.63) is 17.7 Å². The van der Waals surface area contributed by atoms with Gasteiger partial charge >= 0.3 is 0 Å². The molecule has 0 spiro atoms. The fraction of sp³-hybridized carbons (Fsp3) is 0.500. The number of carbonyl (C=O) groups is 1. The van der Waals surface area contributed by atoms with Crippen LogP contribution in [-0.4, -0.2) is 33.9 Å². The molecule has 5 heteroatoms. The van der Waals surface area contributed by atoms with E-state index in [1.807, 2.05) is 4.90 Å². The maximum atomic E-state index is 11.3. The minimum atomic E-state index is 0.111. The van der Waals surface area contributed by atoms with Gasteiger partial charge in [-0.15, -0.1) is 0 Å². The molecule has 0 radical (unpaired) electrons. The molecule has 0 saturated heterocycles. The van der Waals surface area contributed by atoms with Crippen molar-refractivity contribution in [3.8, 4) is 0 Å². The molecule has 0 aliphatic carbocycles. The number of hydrogen-bond donors (Lipinski definition) is 2. The summed E-state index contributed by atoms with van der Waals surface area (Å²) < 4.78 is 0. The molecular weight excluding hydrogens is 168 g/mol. The van der Waals surface area contributed by atoms with Crippen molar-refractivity contribution < 1.29 is 10.5 Å². The summed E-state index contributed by atoms with van der Waals surface area (Å²) in [5.41, 5.74) is 5.74. The molecule has 1 aliphatic heterocycles. The molecule has 0 unspecified atom stereocenters. The Morgan fingerprint density at radius 2 is 2.62 bits per heavy atom. The fourth-order valence-electron chi connectivity index (χ4n) is 1.58. The van der Waals surface area contributed by atoms with E-state index in [-0.39, 0.29) is 5.91 Å². The Labute approximate surface area is 75.9 Å². The number of aromatic nitrogens is 2. The molecular formula is C8H13N4O+. The van der Waals surface area contributed by atoms with Gasteiger partial charge in [-0.05, 0) is 0 Å². The van der Waals surface area contributed by atoms with Gasteiger partial charge in [-0.1, -0.05) is 0 Å². The number of aromatic amines is 1. The van der Waals surface area contributed by atoms with E-state index in [1.165, 1.54) is 0 Å². The highest BCUT2D eigenvalue weighted by Crippen LogP contribution is 2.14. The van der Waals surface area contributed by atoms with Crippen LogP contribution in [0.25, 0.3) is 0 Å². The Balaban J connectivity index is 2.13. The molecule has 4 N–H and O–H groups in total. The van der Waals surface area contributed by atoms with Gasteiger partial charge in [-0.2, -0.15) is 0 Å². The van der Waals surface area contributed by atoms with E-state index in [9.17, 15) is 4.79 Å². The normalized spacial score (nSPS) is 15.6. The predicted octanol–water partition coefficient (Wildman–Crippen LogP) is -1.46. The third-order valence-electron chi connectivity index (χ3n) is 2.34. The Hall–Kier alpha value is -1.36. The van der Waals surface area contributed by atoms with E-state index in [4.69, 9.17) is 0 Å². The molecule has 2 rings (SSSR count). The Bertz CT molecular complexity index is 320. The van der Waals surface area contributed by atoms with Crippen LogP contribution >= 0.6 is 0 Å². The number of amides is 1. The third-order valence-corrected chi connectivity index (χ3v) is 2.34. The Kier molecular flexibility index (Phi) is 2.02. The largest absolute Gasteiger partial charge is 0.350 e. The van der Waals surface area contributed by atoms with Crippen LogP contribution in [0, 0.1) is 0 Å². The van der Waals surface area contributed by atoms with Gasteiger partial charge in [0.2, 0.25) is 0 Å². The van der Waals surface area contributed by atoms with Gasteiger partial charge in [-0.3, -0.25) is 4.79 Å². The minimum Gasteiger partial charge on any atom is -0.350 e. The molecule has 5 nitrogen and oxygen atoms in total. The second kappa shape index (κ2) is 3.18. The van der Waals surface area contributed by atoms with Crippen LogP contribution in [0.3, 0.4) is 0 Å². The van der Waals surface area contributed by atoms with Crippen molar-refractivity contribution in [1.29, 1.82) is 0 Å². The molecule has 1 amide bonds. The first-order valence-corrected chi connectivity index (χ1v) is 4.39. The second-order valence-electron chi connectivity index (χ2n) is 3.14. The molecule has 1 aromatic heterocycles. The van der Waals surface area contributed by atoms with E-state index >= 15 is 0 Å². The number of hydrogen-bond acceptors (Lipinski definition) is 2. The maximum absolute atomic E-state index is 11.3. The number of imidazole rings is 1. The Morgan fingerprint density at radius 3 is 3.38 bits per heavy atom. The van der Waals surface area contributed by atoms with Crippen molar-refractivity contribution in [2.45, 2.75) is 13.0 Å². The van der Waals surface area contributed by atoms with Crippen molar-refractivity contribution in [3.63, 3.8) is 0 Å². The van der Waals surface area contributed by atoms with Crippen LogP contribution < -0.4 is 5.73 Å². The lowest BCUT2D eigenvalue weighted by atomic mass is 10.1. The van der Waals surface area contributed by atoms with E-state index in [0.29, 0.717) is 13.1 Å². The number of carbonyl (C=O) groups excluding carboxylic acids is 1. The zero-order valence-electron chi connectivity index (χ0n) is 7.42. The van der Waals surface area contributed by atoms with Gasteiger partial charge in [0.25, 0.3) is 5.91 Å². The van der Waals surface area contributed by atoms with Crippen LogP contribution in [0.5, 0.6) is 0 Å². The highest BCUT2D eigenvalue weighted by Gasteiger charge is 2.21. The molecule has 1 aliphatic rings. The summed E-state index contributed by atoms with van der Waals surface area (Å²) >= 11 is 0. The first-order valence-electron chi connectivity index (χ1n) is 4.39. The molecule has 70 valence electrons. The van der Waals surface area contributed by atoms with E-state index < -0.39 is 0 Å². The third kappa shape index (κ3) is 1.42. The predicted molar refractivity (Wildman–Crippen MR) is 45.5 cm³/mol. The number of quaternary nitrogens is 1. The first-order chi connectivity index (χ1) is 6.31. The highest BCUT2D eigenvalue weighted by molar-refractivity contribution is 5.77. The van der Waals surface area contributed by atoms with Gasteiger partial charge in [0.05, 0.1) is 24.3 Å².